The van der Waals surface area contributed by atoms with Gasteiger partial charge in [0.15, 0.2) is 5.78 Å². The topological polar surface area (TPSA) is 63.3 Å². The van der Waals surface area contributed by atoms with Crippen LogP contribution in [-0.2, 0) is 6.42 Å². The van der Waals surface area contributed by atoms with Gasteiger partial charge in [-0.3, -0.25) is 4.79 Å². The van der Waals surface area contributed by atoms with Crippen molar-refractivity contribution >= 4 is 5.78 Å². The quantitative estimate of drug-likeness (QED) is 0.584. The molecule has 1 aromatic rings. The lowest BCUT2D eigenvalue weighted by Gasteiger charge is -1.96. The second-order valence-electron chi connectivity index (χ2n) is 3.02. The monoisotopic (exact) mass is 163 g/mol. The summed E-state index contributed by atoms with van der Waals surface area (Å²) in [7, 11) is 0. The Morgan fingerprint density at radius 3 is 3.00 bits per heavy atom. The number of fused-ring (bicyclic) bond motifs is 1. The van der Waals surface area contributed by atoms with Gasteiger partial charge < -0.3 is 10.8 Å². The van der Waals surface area contributed by atoms with Gasteiger partial charge in [-0.15, -0.1) is 0 Å². The first-order valence-electron chi connectivity index (χ1n) is 3.80. The molecule has 0 aliphatic heterocycles. The van der Waals surface area contributed by atoms with E-state index in [0.29, 0.717) is 12.0 Å². The molecule has 1 unspecified atom stereocenters. The van der Waals surface area contributed by atoms with Crippen LogP contribution in [0.2, 0.25) is 0 Å². The van der Waals surface area contributed by atoms with Crippen LogP contribution >= 0.6 is 0 Å². The number of aromatic hydroxyl groups is 1. The molecule has 0 aromatic heterocycles. The van der Waals surface area contributed by atoms with Crippen LogP contribution in [0.5, 0.6) is 5.75 Å². The van der Waals surface area contributed by atoms with Crippen LogP contribution in [0.25, 0.3) is 0 Å². The molecular weight excluding hydrogens is 154 g/mol. The van der Waals surface area contributed by atoms with Gasteiger partial charge in [-0.05, 0) is 24.1 Å². The first-order chi connectivity index (χ1) is 5.68. The molecule has 1 atom stereocenters. The molecule has 1 aromatic carbocycles. The number of benzene rings is 1. The summed E-state index contributed by atoms with van der Waals surface area (Å²) in [6.07, 6.45) is 0.592. The predicted octanol–water partition coefficient (Wildman–Crippen LogP) is 0.458. The van der Waals surface area contributed by atoms with Crippen LogP contribution < -0.4 is 5.73 Å². The molecule has 3 nitrogen and oxygen atoms in total. The summed E-state index contributed by atoms with van der Waals surface area (Å²) in [5.41, 5.74) is 7.05. The molecule has 1 aliphatic carbocycles. The van der Waals surface area contributed by atoms with E-state index in [9.17, 15) is 4.79 Å². The molecule has 2 rings (SSSR count). The lowest BCUT2D eigenvalue weighted by molar-refractivity contribution is 0.0974. The summed E-state index contributed by atoms with van der Waals surface area (Å²) in [5, 5.41) is 9.11. The van der Waals surface area contributed by atoms with Gasteiger partial charge in [-0.2, -0.15) is 0 Å². The molecule has 0 radical (unpaired) electrons. The molecule has 62 valence electrons. The highest BCUT2D eigenvalue weighted by atomic mass is 16.3. The van der Waals surface area contributed by atoms with E-state index in [4.69, 9.17) is 10.8 Å². The number of carbonyl (C=O) groups is 1. The third-order valence-corrected chi connectivity index (χ3v) is 2.14. The highest BCUT2D eigenvalue weighted by Gasteiger charge is 2.27. The summed E-state index contributed by atoms with van der Waals surface area (Å²) in [5.74, 6) is 0.0529. The van der Waals surface area contributed by atoms with Crippen LogP contribution in [0.1, 0.15) is 15.9 Å². The molecule has 0 amide bonds. The van der Waals surface area contributed by atoms with Crippen molar-refractivity contribution in [3.05, 3.63) is 29.3 Å². The van der Waals surface area contributed by atoms with E-state index in [1.165, 1.54) is 6.07 Å². The van der Waals surface area contributed by atoms with E-state index in [1.807, 2.05) is 0 Å². The van der Waals surface area contributed by atoms with Crippen molar-refractivity contribution in [2.24, 2.45) is 5.73 Å². The molecule has 3 heteroatoms. The summed E-state index contributed by atoms with van der Waals surface area (Å²) < 4.78 is 0. The second-order valence-corrected chi connectivity index (χ2v) is 3.02. The van der Waals surface area contributed by atoms with Gasteiger partial charge in [0.05, 0.1) is 6.04 Å². The second kappa shape index (κ2) is 2.32. The largest absolute Gasteiger partial charge is 0.508 e. The molecule has 3 N–H and O–H groups in total. The van der Waals surface area contributed by atoms with Crippen molar-refractivity contribution < 1.29 is 9.90 Å². The van der Waals surface area contributed by atoms with E-state index in [-0.39, 0.29) is 11.5 Å². The van der Waals surface area contributed by atoms with Gasteiger partial charge in [0, 0.05) is 5.56 Å². The zero-order valence-electron chi connectivity index (χ0n) is 6.45. The first kappa shape index (κ1) is 7.31. The number of ketones is 1. The van der Waals surface area contributed by atoms with Crippen molar-refractivity contribution in [2.75, 3.05) is 0 Å². The maximum atomic E-state index is 11.3. The Labute approximate surface area is 69.8 Å². The molecule has 12 heavy (non-hydrogen) atoms. The number of phenols is 1. The lowest BCUT2D eigenvalue weighted by atomic mass is 10.1. The molecule has 0 saturated heterocycles. The Hall–Kier alpha value is -1.35. The maximum absolute atomic E-state index is 11.3. The average molecular weight is 163 g/mol. The number of carbonyl (C=O) groups excluding carboxylic acids is 1. The molecule has 0 spiro atoms. The number of nitrogens with two attached hydrogens (primary N) is 1. The van der Waals surface area contributed by atoms with Crippen LogP contribution in [0.3, 0.4) is 0 Å². The van der Waals surface area contributed by atoms with E-state index in [0.717, 1.165) is 5.56 Å². The van der Waals surface area contributed by atoms with Crippen molar-refractivity contribution in [2.45, 2.75) is 12.5 Å². The van der Waals surface area contributed by atoms with Crippen molar-refractivity contribution in [1.82, 2.24) is 0 Å². The maximum Gasteiger partial charge on any atom is 0.180 e. The van der Waals surface area contributed by atoms with Crippen molar-refractivity contribution in [1.29, 1.82) is 0 Å². The van der Waals surface area contributed by atoms with Crippen LogP contribution in [0.15, 0.2) is 18.2 Å². The fourth-order valence-corrected chi connectivity index (χ4v) is 1.50. The third-order valence-electron chi connectivity index (χ3n) is 2.14. The molecule has 1 aliphatic rings. The Bertz CT molecular complexity index is 346. The fourth-order valence-electron chi connectivity index (χ4n) is 1.50. The number of hydrogen-bond acceptors (Lipinski definition) is 3. The summed E-state index contributed by atoms with van der Waals surface area (Å²) in [4.78, 5) is 11.3. The summed E-state index contributed by atoms with van der Waals surface area (Å²) >= 11 is 0. The standard InChI is InChI=1S/C9H9NO2/c10-8-3-5-1-2-6(11)4-7(5)9(8)12/h1-2,4,8,11H,3,10H2. The Kier molecular flexibility index (Phi) is 1.41. The van der Waals surface area contributed by atoms with Crippen LogP contribution in [0.4, 0.5) is 0 Å². The molecule has 0 heterocycles. The van der Waals surface area contributed by atoms with Crippen LogP contribution in [-0.4, -0.2) is 16.9 Å². The molecular formula is C9H9NO2. The van der Waals surface area contributed by atoms with Crippen molar-refractivity contribution in [3.8, 4) is 5.75 Å². The first-order valence-corrected chi connectivity index (χ1v) is 3.80. The molecule has 0 bridgehead atoms. The Morgan fingerprint density at radius 1 is 1.50 bits per heavy atom. The number of phenolic OH excluding ortho intramolecular Hbond substituents is 1. The Balaban J connectivity index is 2.56. The summed E-state index contributed by atoms with van der Waals surface area (Å²) in [6, 6.07) is 4.38. The smallest absolute Gasteiger partial charge is 0.180 e. The minimum atomic E-state index is -0.415. The van der Waals surface area contributed by atoms with Crippen LogP contribution in [0, 0.1) is 0 Å². The fraction of sp³-hybridized carbons (Fsp3) is 0.222. The zero-order valence-corrected chi connectivity index (χ0v) is 6.45. The van der Waals surface area contributed by atoms with Gasteiger partial charge in [-0.25, -0.2) is 0 Å². The van der Waals surface area contributed by atoms with Gasteiger partial charge >= 0.3 is 0 Å². The highest BCUT2D eigenvalue weighted by Crippen LogP contribution is 2.24. The van der Waals surface area contributed by atoms with E-state index in [1.54, 1.807) is 12.1 Å². The number of Topliss-reactive ketones (excluding diaryl/α,β-unsaturated/α-hetero) is 1. The number of rotatable bonds is 0. The molecule has 0 fully saturated rings. The van der Waals surface area contributed by atoms with Crippen molar-refractivity contribution in [3.63, 3.8) is 0 Å². The van der Waals surface area contributed by atoms with Gasteiger partial charge in [-0.1, -0.05) is 6.07 Å². The summed E-state index contributed by atoms with van der Waals surface area (Å²) in [6.45, 7) is 0. The molecule has 0 saturated carbocycles. The zero-order chi connectivity index (χ0) is 8.72. The number of hydrogen-bond donors (Lipinski definition) is 2. The van der Waals surface area contributed by atoms with E-state index >= 15 is 0 Å². The predicted molar refractivity (Wildman–Crippen MR) is 44.1 cm³/mol. The SMILES string of the molecule is NC1Cc2ccc(O)cc2C1=O. The van der Waals surface area contributed by atoms with Gasteiger partial charge in [0.2, 0.25) is 0 Å². The highest BCUT2D eigenvalue weighted by molar-refractivity contribution is 6.04. The van der Waals surface area contributed by atoms with Gasteiger partial charge in [0.25, 0.3) is 0 Å². The average Bonchev–Trinajstić information content (AvgIpc) is 2.31. The van der Waals surface area contributed by atoms with E-state index < -0.39 is 6.04 Å². The minimum Gasteiger partial charge on any atom is -0.508 e. The van der Waals surface area contributed by atoms with E-state index in [2.05, 4.69) is 0 Å². The lowest BCUT2D eigenvalue weighted by Crippen LogP contribution is -2.26. The normalized spacial score (nSPS) is 21.1. The third kappa shape index (κ3) is 0.905. The van der Waals surface area contributed by atoms with Gasteiger partial charge in [0.1, 0.15) is 5.75 Å². The minimum absolute atomic E-state index is 0.0686. The Morgan fingerprint density at radius 2 is 2.25 bits per heavy atom.